The molecule has 204 valence electrons. The van der Waals surface area contributed by atoms with Gasteiger partial charge in [-0.15, -0.1) is 0 Å². The van der Waals surface area contributed by atoms with Crippen LogP contribution in [0.2, 0.25) is 10.0 Å². The van der Waals surface area contributed by atoms with Gasteiger partial charge in [-0.3, -0.25) is 9.59 Å². The van der Waals surface area contributed by atoms with Crippen LogP contribution in [0.25, 0.3) is 0 Å². The molecular weight excluding hydrogens is 535 g/mol. The number of benzene rings is 2. The zero-order valence-corrected chi connectivity index (χ0v) is 22.4. The fourth-order valence-electron chi connectivity index (χ4n) is 4.32. The van der Waals surface area contributed by atoms with E-state index in [9.17, 15) is 19.5 Å². The summed E-state index contributed by atoms with van der Waals surface area (Å²) < 4.78 is 10.8. The number of ether oxygens (including phenoxy) is 2. The molecule has 2 heterocycles. The average Bonchev–Trinajstić information content (AvgIpc) is 3.39. The van der Waals surface area contributed by atoms with E-state index >= 15 is 0 Å². The van der Waals surface area contributed by atoms with Crippen LogP contribution in [0, 0.1) is 0 Å². The molecule has 2 aromatic rings. The molecule has 0 aromatic heterocycles. The second kappa shape index (κ2) is 12.8. The van der Waals surface area contributed by atoms with Gasteiger partial charge >= 0.3 is 5.97 Å². The van der Waals surface area contributed by atoms with Crippen LogP contribution in [0.1, 0.15) is 11.1 Å². The molecule has 2 saturated heterocycles. The van der Waals surface area contributed by atoms with Crippen LogP contribution < -0.4 is 10.6 Å². The van der Waals surface area contributed by atoms with Crippen LogP contribution in [0.5, 0.6) is 0 Å². The number of nitrogens with zero attached hydrogens (tertiary/aromatic N) is 2. The molecular formula is C26H30Cl2N4O6. The highest BCUT2D eigenvalue weighted by atomic mass is 35.5. The lowest BCUT2D eigenvalue weighted by molar-refractivity contribution is -0.147. The second-order valence-electron chi connectivity index (χ2n) is 9.28. The zero-order chi connectivity index (χ0) is 27.2. The summed E-state index contributed by atoms with van der Waals surface area (Å²) in [4.78, 5) is 41.6. The van der Waals surface area contributed by atoms with Crippen molar-refractivity contribution in [2.24, 2.45) is 0 Å². The van der Waals surface area contributed by atoms with E-state index in [-0.39, 0.29) is 19.1 Å². The van der Waals surface area contributed by atoms with Gasteiger partial charge < -0.3 is 35.0 Å². The standard InChI is InChI=1S/C26H30Cl2N4O6/c1-31-9-11-32(12-10-31)25(34)23-22(37-15-38-23)24(33)30-21(26(35)36)13-16-5-7-17(8-6-16)29-14-18-19(27)3-2-4-20(18)28/h2-8,21-23,29H,9-15H2,1H3,(H,30,33)(H,35,36)/t21?,22-,23-/m1/s1. The van der Waals surface area contributed by atoms with Crippen molar-refractivity contribution in [3.63, 3.8) is 0 Å². The first-order valence-electron chi connectivity index (χ1n) is 12.2. The quantitative estimate of drug-likeness (QED) is 0.424. The number of carbonyl (C=O) groups excluding carboxylic acids is 2. The van der Waals surface area contributed by atoms with Gasteiger partial charge in [0.1, 0.15) is 12.8 Å². The topological polar surface area (TPSA) is 120 Å². The Balaban J connectivity index is 1.34. The third kappa shape index (κ3) is 6.95. The van der Waals surface area contributed by atoms with Crippen molar-refractivity contribution in [3.8, 4) is 0 Å². The van der Waals surface area contributed by atoms with E-state index in [0.717, 1.165) is 24.3 Å². The molecule has 2 aliphatic rings. The number of piperazine rings is 1. The summed E-state index contributed by atoms with van der Waals surface area (Å²) in [7, 11) is 1.97. The molecule has 38 heavy (non-hydrogen) atoms. The van der Waals surface area contributed by atoms with Gasteiger partial charge in [-0.05, 0) is 36.9 Å². The Morgan fingerprint density at radius 2 is 1.63 bits per heavy atom. The Kier molecular flexibility index (Phi) is 9.45. The predicted molar refractivity (Wildman–Crippen MR) is 142 cm³/mol. The Morgan fingerprint density at radius 3 is 2.26 bits per heavy atom. The molecule has 1 unspecified atom stereocenters. The number of halogens is 2. The van der Waals surface area contributed by atoms with Crippen molar-refractivity contribution < 1.29 is 29.0 Å². The second-order valence-corrected chi connectivity index (χ2v) is 10.1. The molecule has 2 aliphatic heterocycles. The maximum Gasteiger partial charge on any atom is 0.326 e. The first-order valence-corrected chi connectivity index (χ1v) is 13.0. The van der Waals surface area contributed by atoms with Gasteiger partial charge in [-0.1, -0.05) is 41.4 Å². The van der Waals surface area contributed by atoms with Crippen molar-refractivity contribution in [1.29, 1.82) is 0 Å². The molecule has 0 aliphatic carbocycles. The third-order valence-electron chi connectivity index (χ3n) is 6.63. The van der Waals surface area contributed by atoms with E-state index in [1.807, 2.05) is 7.05 Å². The molecule has 12 heteroatoms. The summed E-state index contributed by atoms with van der Waals surface area (Å²) >= 11 is 12.4. The highest BCUT2D eigenvalue weighted by Crippen LogP contribution is 2.25. The first-order chi connectivity index (χ1) is 18.2. The fraction of sp³-hybridized carbons (Fsp3) is 0.423. The van der Waals surface area contributed by atoms with Gasteiger partial charge in [0.25, 0.3) is 11.8 Å². The van der Waals surface area contributed by atoms with Crippen LogP contribution >= 0.6 is 23.2 Å². The van der Waals surface area contributed by atoms with Crippen molar-refractivity contribution in [2.75, 3.05) is 45.3 Å². The number of nitrogens with one attached hydrogen (secondary N) is 2. The normalized spacial score (nSPS) is 20.7. The van der Waals surface area contributed by atoms with E-state index in [4.69, 9.17) is 32.7 Å². The van der Waals surface area contributed by atoms with Crippen LogP contribution in [0.4, 0.5) is 5.69 Å². The number of aliphatic carboxylic acids is 1. The van der Waals surface area contributed by atoms with E-state index in [2.05, 4.69) is 15.5 Å². The number of hydrogen-bond acceptors (Lipinski definition) is 7. The van der Waals surface area contributed by atoms with Crippen molar-refractivity contribution in [2.45, 2.75) is 31.2 Å². The van der Waals surface area contributed by atoms with Gasteiger partial charge in [0.05, 0.1) is 0 Å². The minimum Gasteiger partial charge on any atom is -0.480 e. The number of rotatable bonds is 9. The van der Waals surface area contributed by atoms with Gasteiger partial charge in [0, 0.05) is 60.4 Å². The molecule has 10 nitrogen and oxygen atoms in total. The van der Waals surface area contributed by atoms with Crippen LogP contribution in [-0.4, -0.2) is 91.0 Å². The summed E-state index contributed by atoms with van der Waals surface area (Å²) in [6.45, 7) is 2.70. The SMILES string of the molecule is CN1CCN(C(=O)[C@@H]2OCO[C@H]2C(=O)NC(Cc2ccc(NCc3c(Cl)cccc3Cl)cc2)C(=O)O)CC1. The number of amides is 2. The van der Waals surface area contributed by atoms with E-state index in [1.165, 1.54) is 0 Å². The molecule has 0 radical (unpaired) electrons. The first kappa shape index (κ1) is 28.1. The maximum absolute atomic E-state index is 12.9. The van der Waals surface area contributed by atoms with Crippen LogP contribution in [0.15, 0.2) is 42.5 Å². The highest BCUT2D eigenvalue weighted by molar-refractivity contribution is 6.36. The fourth-order valence-corrected chi connectivity index (χ4v) is 4.85. The van der Waals surface area contributed by atoms with E-state index in [1.54, 1.807) is 47.4 Å². The van der Waals surface area contributed by atoms with Crippen molar-refractivity contribution >= 4 is 46.7 Å². The molecule has 0 saturated carbocycles. The largest absolute Gasteiger partial charge is 0.480 e. The lowest BCUT2D eigenvalue weighted by Crippen LogP contribution is -2.55. The lowest BCUT2D eigenvalue weighted by Gasteiger charge is -2.34. The smallest absolute Gasteiger partial charge is 0.326 e. The van der Waals surface area contributed by atoms with Crippen molar-refractivity contribution in [1.82, 2.24) is 15.1 Å². The predicted octanol–water partition coefficient (Wildman–Crippen LogP) is 2.23. The molecule has 4 rings (SSSR count). The number of carboxylic acids is 1. The number of hydrogen-bond donors (Lipinski definition) is 3. The molecule has 2 aromatic carbocycles. The maximum atomic E-state index is 12.9. The monoisotopic (exact) mass is 564 g/mol. The molecule has 2 fully saturated rings. The van der Waals surface area contributed by atoms with E-state index in [0.29, 0.717) is 35.2 Å². The molecule has 0 bridgehead atoms. The van der Waals surface area contributed by atoms with Crippen LogP contribution in [0.3, 0.4) is 0 Å². The van der Waals surface area contributed by atoms with Gasteiger partial charge in [-0.25, -0.2) is 4.79 Å². The molecule has 3 N–H and O–H groups in total. The highest BCUT2D eigenvalue weighted by Gasteiger charge is 2.43. The molecule has 0 spiro atoms. The van der Waals surface area contributed by atoms with Crippen molar-refractivity contribution in [3.05, 3.63) is 63.6 Å². The summed E-state index contributed by atoms with van der Waals surface area (Å²) in [5.74, 6) is -2.23. The zero-order valence-electron chi connectivity index (χ0n) is 20.9. The number of anilines is 1. The molecule has 2 amide bonds. The number of carbonyl (C=O) groups is 3. The minimum absolute atomic E-state index is 0.0440. The Morgan fingerprint density at radius 1 is 1.00 bits per heavy atom. The Labute approximate surface area is 230 Å². The Hall–Kier alpha value is -2.89. The summed E-state index contributed by atoms with van der Waals surface area (Å²) in [6.07, 6.45) is -2.28. The van der Waals surface area contributed by atoms with Crippen LogP contribution in [-0.2, 0) is 36.8 Å². The number of likely N-dealkylation sites (N-methyl/N-ethyl adjacent to an activating group) is 1. The van der Waals surface area contributed by atoms with Gasteiger partial charge in [-0.2, -0.15) is 0 Å². The lowest BCUT2D eigenvalue weighted by atomic mass is 10.0. The Bertz CT molecular complexity index is 1140. The average molecular weight is 565 g/mol. The van der Waals surface area contributed by atoms with E-state index < -0.39 is 30.1 Å². The minimum atomic E-state index is -1.22. The summed E-state index contributed by atoms with van der Waals surface area (Å²) in [6, 6.07) is 11.2. The summed E-state index contributed by atoms with van der Waals surface area (Å²) in [5, 5.41) is 16.6. The van der Waals surface area contributed by atoms with Gasteiger partial charge in [0.15, 0.2) is 12.2 Å². The summed E-state index contributed by atoms with van der Waals surface area (Å²) in [5.41, 5.74) is 2.27. The number of carboxylic acid groups (broad SMARTS) is 1. The molecule has 3 atom stereocenters. The third-order valence-corrected chi connectivity index (χ3v) is 7.33. The van der Waals surface area contributed by atoms with Gasteiger partial charge in [0.2, 0.25) is 0 Å².